The van der Waals surface area contributed by atoms with E-state index in [1.165, 1.54) is 11.1 Å². The van der Waals surface area contributed by atoms with E-state index in [1.807, 2.05) is 26.0 Å². The molecule has 0 aromatic heterocycles. The molecule has 94 valence electrons. The van der Waals surface area contributed by atoms with Crippen molar-refractivity contribution in [2.45, 2.75) is 33.6 Å². The molecule has 0 saturated carbocycles. The highest BCUT2D eigenvalue weighted by molar-refractivity contribution is 5.75. The molecule has 0 atom stereocenters. The lowest BCUT2D eigenvalue weighted by atomic mass is 10.1. The highest BCUT2D eigenvalue weighted by Gasteiger charge is 2.03. The van der Waals surface area contributed by atoms with Gasteiger partial charge in [0.05, 0.1) is 6.61 Å². The second-order valence-corrected chi connectivity index (χ2v) is 4.72. The molecule has 1 N–H and O–H groups in total. The summed E-state index contributed by atoms with van der Waals surface area (Å²) in [5.41, 5.74) is 4.87. The van der Waals surface area contributed by atoms with E-state index in [4.69, 9.17) is 4.84 Å². The van der Waals surface area contributed by atoms with Gasteiger partial charge in [-0.2, -0.15) is 0 Å². The van der Waals surface area contributed by atoms with Gasteiger partial charge in [-0.15, -0.1) is 0 Å². The normalized spacial score (nSPS) is 10.6. The third-order valence-electron chi connectivity index (χ3n) is 2.33. The topological polar surface area (TPSA) is 38.3 Å². The fraction of sp³-hybridized carbons (Fsp3) is 0.500. The SMILES string of the molecule is Cc1cccc(CCC(=O)NOCC(C)C)c1. The molecule has 0 radical (unpaired) electrons. The Balaban J connectivity index is 2.24. The van der Waals surface area contributed by atoms with Gasteiger partial charge in [-0.3, -0.25) is 9.63 Å². The maximum absolute atomic E-state index is 11.4. The summed E-state index contributed by atoms with van der Waals surface area (Å²) in [6.07, 6.45) is 1.21. The molecule has 0 aliphatic rings. The number of hydrogen-bond acceptors (Lipinski definition) is 2. The largest absolute Gasteiger partial charge is 0.273 e. The summed E-state index contributed by atoms with van der Waals surface area (Å²) in [5.74, 6) is 0.360. The molecule has 3 heteroatoms. The number of hydrogen-bond donors (Lipinski definition) is 1. The van der Waals surface area contributed by atoms with Crippen molar-refractivity contribution >= 4 is 5.91 Å². The monoisotopic (exact) mass is 235 g/mol. The minimum atomic E-state index is -0.0628. The summed E-state index contributed by atoms with van der Waals surface area (Å²) in [4.78, 5) is 16.5. The lowest BCUT2D eigenvalue weighted by Crippen LogP contribution is -2.25. The fourth-order valence-corrected chi connectivity index (χ4v) is 1.47. The predicted octanol–water partition coefficient (Wildman–Crippen LogP) is 2.63. The van der Waals surface area contributed by atoms with Crippen molar-refractivity contribution in [2.75, 3.05) is 6.61 Å². The van der Waals surface area contributed by atoms with E-state index < -0.39 is 0 Å². The molecule has 1 aromatic rings. The fourth-order valence-electron chi connectivity index (χ4n) is 1.47. The first-order valence-electron chi connectivity index (χ1n) is 6.04. The number of carbonyl (C=O) groups excluding carboxylic acids is 1. The zero-order valence-electron chi connectivity index (χ0n) is 10.8. The second kappa shape index (κ2) is 7.07. The Morgan fingerprint density at radius 1 is 1.41 bits per heavy atom. The van der Waals surface area contributed by atoms with E-state index in [2.05, 4.69) is 24.5 Å². The van der Waals surface area contributed by atoms with Gasteiger partial charge in [-0.25, -0.2) is 5.48 Å². The molecule has 0 saturated heterocycles. The highest BCUT2D eigenvalue weighted by Crippen LogP contribution is 2.06. The van der Waals surface area contributed by atoms with Crippen LogP contribution < -0.4 is 5.48 Å². The van der Waals surface area contributed by atoms with Crippen LogP contribution >= 0.6 is 0 Å². The van der Waals surface area contributed by atoms with Gasteiger partial charge in [-0.05, 0) is 24.8 Å². The molecule has 0 spiro atoms. The highest BCUT2D eigenvalue weighted by atomic mass is 16.6. The van der Waals surface area contributed by atoms with Crippen LogP contribution in [0.15, 0.2) is 24.3 Å². The first kappa shape index (κ1) is 13.7. The summed E-state index contributed by atoms with van der Waals surface area (Å²) in [7, 11) is 0. The van der Waals surface area contributed by atoms with Gasteiger partial charge in [0.25, 0.3) is 0 Å². The summed E-state index contributed by atoms with van der Waals surface area (Å²) in [5, 5.41) is 0. The minimum absolute atomic E-state index is 0.0628. The Bertz CT molecular complexity index is 361. The Morgan fingerprint density at radius 2 is 2.18 bits per heavy atom. The molecule has 17 heavy (non-hydrogen) atoms. The first-order chi connectivity index (χ1) is 8.08. The maximum Gasteiger partial charge on any atom is 0.243 e. The molecule has 0 heterocycles. The lowest BCUT2D eigenvalue weighted by Gasteiger charge is -2.07. The second-order valence-electron chi connectivity index (χ2n) is 4.72. The van der Waals surface area contributed by atoms with Crippen molar-refractivity contribution in [3.05, 3.63) is 35.4 Å². The average molecular weight is 235 g/mol. The van der Waals surface area contributed by atoms with Crippen LogP contribution in [0.1, 0.15) is 31.4 Å². The lowest BCUT2D eigenvalue weighted by molar-refractivity contribution is -0.134. The van der Waals surface area contributed by atoms with Crippen molar-refractivity contribution in [1.82, 2.24) is 5.48 Å². The molecule has 0 bridgehead atoms. The third-order valence-corrected chi connectivity index (χ3v) is 2.33. The molecule has 3 nitrogen and oxygen atoms in total. The van der Waals surface area contributed by atoms with E-state index >= 15 is 0 Å². The van der Waals surface area contributed by atoms with E-state index in [0.29, 0.717) is 18.9 Å². The number of nitrogens with one attached hydrogen (secondary N) is 1. The third kappa shape index (κ3) is 6.07. The molecular formula is C14H21NO2. The summed E-state index contributed by atoms with van der Waals surface area (Å²) in [6.45, 7) is 6.68. The number of aryl methyl sites for hydroxylation is 2. The van der Waals surface area contributed by atoms with Gasteiger partial charge in [0, 0.05) is 6.42 Å². The quantitative estimate of drug-likeness (QED) is 0.770. The molecule has 0 fully saturated rings. The summed E-state index contributed by atoms with van der Waals surface area (Å²) >= 11 is 0. The van der Waals surface area contributed by atoms with E-state index in [-0.39, 0.29) is 5.91 Å². The minimum Gasteiger partial charge on any atom is -0.273 e. The van der Waals surface area contributed by atoms with Crippen LogP contribution in [0, 0.1) is 12.8 Å². The van der Waals surface area contributed by atoms with Crippen LogP contribution in [-0.2, 0) is 16.1 Å². The van der Waals surface area contributed by atoms with Crippen LogP contribution in [-0.4, -0.2) is 12.5 Å². The van der Waals surface area contributed by atoms with E-state index in [0.717, 1.165) is 6.42 Å². The number of hydroxylamine groups is 1. The number of amides is 1. The van der Waals surface area contributed by atoms with Gasteiger partial charge in [0.1, 0.15) is 0 Å². The Morgan fingerprint density at radius 3 is 2.82 bits per heavy atom. The van der Waals surface area contributed by atoms with Crippen molar-refractivity contribution in [2.24, 2.45) is 5.92 Å². The summed E-state index contributed by atoms with van der Waals surface area (Å²) < 4.78 is 0. The van der Waals surface area contributed by atoms with Gasteiger partial charge in [0.2, 0.25) is 5.91 Å². The van der Waals surface area contributed by atoms with Crippen molar-refractivity contribution < 1.29 is 9.63 Å². The van der Waals surface area contributed by atoms with Gasteiger partial charge in [0.15, 0.2) is 0 Å². The van der Waals surface area contributed by atoms with Crippen LogP contribution in [0.25, 0.3) is 0 Å². The Kier molecular flexibility index (Phi) is 5.70. The van der Waals surface area contributed by atoms with E-state index in [1.54, 1.807) is 0 Å². The maximum atomic E-state index is 11.4. The number of rotatable bonds is 6. The van der Waals surface area contributed by atoms with Gasteiger partial charge in [-0.1, -0.05) is 43.7 Å². The molecule has 0 unspecified atom stereocenters. The molecule has 0 aliphatic carbocycles. The average Bonchev–Trinajstić information content (AvgIpc) is 2.26. The molecule has 1 rings (SSSR count). The van der Waals surface area contributed by atoms with Crippen molar-refractivity contribution in [3.8, 4) is 0 Å². The Labute approximate surface area is 103 Å². The zero-order valence-corrected chi connectivity index (χ0v) is 10.8. The molecule has 1 aromatic carbocycles. The first-order valence-corrected chi connectivity index (χ1v) is 6.04. The molecule has 0 aliphatic heterocycles. The van der Waals surface area contributed by atoms with Crippen LogP contribution in [0.4, 0.5) is 0 Å². The van der Waals surface area contributed by atoms with Crippen LogP contribution in [0.2, 0.25) is 0 Å². The predicted molar refractivity (Wildman–Crippen MR) is 68.4 cm³/mol. The van der Waals surface area contributed by atoms with Crippen molar-refractivity contribution in [1.29, 1.82) is 0 Å². The van der Waals surface area contributed by atoms with Gasteiger partial charge < -0.3 is 0 Å². The Hall–Kier alpha value is -1.35. The molecular weight excluding hydrogens is 214 g/mol. The standard InChI is InChI=1S/C14H21NO2/c1-11(2)10-17-15-14(16)8-7-13-6-4-5-12(3)9-13/h4-6,9,11H,7-8,10H2,1-3H3,(H,15,16). The smallest absolute Gasteiger partial charge is 0.243 e. The number of carbonyl (C=O) groups is 1. The molecule has 1 amide bonds. The van der Waals surface area contributed by atoms with Crippen LogP contribution in [0.5, 0.6) is 0 Å². The van der Waals surface area contributed by atoms with Crippen molar-refractivity contribution in [3.63, 3.8) is 0 Å². The zero-order chi connectivity index (χ0) is 12.7. The number of benzene rings is 1. The van der Waals surface area contributed by atoms with Crippen LogP contribution in [0.3, 0.4) is 0 Å². The summed E-state index contributed by atoms with van der Waals surface area (Å²) in [6, 6.07) is 8.20. The van der Waals surface area contributed by atoms with Gasteiger partial charge >= 0.3 is 0 Å². The van der Waals surface area contributed by atoms with E-state index in [9.17, 15) is 4.79 Å².